The van der Waals surface area contributed by atoms with Crippen molar-refractivity contribution < 1.29 is 14.6 Å². The minimum absolute atomic E-state index is 0.118. The summed E-state index contributed by atoms with van der Waals surface area (Å²) in [6, 6.07) is 0. The van der Waals surface area contributed by atoms with Crippen LogP contribution in [-0.4, -0.2) is 36.2 Å². The predicted molar refractivity (Wildman–Crippen MR) is 44.0 cm³/mol. The van der Waals surface area contributed by atoms with Crippen molar-refractivity contribution in [1.29, 1.82) is 0 Å². The molecule has 0 bridgehead atoms. The number of hydrogen-bond donors (Lipinski definition) is 1. The molecule has 0 unspecified atom stereocenters. The van der Waals surface area contributed by atoms with E-state index in [1.165, 1.54) is 0 Å². The summed E-state index contributed by atoms with van der Waals surface area (Å²) in [5, 5.41) is 12.7. The Morgan fingerprint density at radius 1 is 1.77 bits per heavy atom. The lowest BCUT2D eigenvalue weighted by molar-refractivity contribution is -0.110. The van der Waals surface area contributed by atoms with Gasteiger partial charge in [0.05, 0.1) is 24.9 Å². The molecular weight excluding hydrogens is 174 g/mol. The highest BCUT2D eigenvalue weighted by molar-refractivity contribution is 5.50. The molecule has 0 spiro atoms. The van der Waals surface area contributed by atoms with E-state index in [0.29, 0.717) is 6.42 Å². The zero-order valence-electron chi connectivity index (χ0n) is 7.04. The van der Waals surface area contributed by atoms with Crippen molar-refractivity contribution in [3.8, 4) is 0 Å². The van der Waals surface area contributed by atoms with E-state index in [-0.39, 0.29) is 19.1 Å². The van der Waals surface area contributed by atoms with Gasteiger partial charge in [-0.1, -0.05) is 5.11 Å². The van der Waals surface area contributed by atoms with Crippen molar-refractivity contribution in [2.75, 3.05) is 6.54 Å². The topological polar surface area (TPSA) is 95.3 Å². The van der Waals surface area contributed by atoms with Crippen LogP contribution in [0.3, 0.4) is 0 Å². The SMILES string of the molecule is [N-]=[N+]=NC[C@H]1O[C@@H](CC=O)C[C@@H]1O. The highest BCUT2D eigenvalue weighted by Crippen LogP contribution is 2.22. The van der Waals surface area contributed by atoms with Crippen LogP contribution in [-0.2, 0) is 9.53 Å². The predicted octanol–water partition coefficient (Wildman–Crippen LogP) is 0.404. The van der Waals surface area contributed by atoms with Gasteiger partial charge in [-0.25, -0.2) is 0 Å². The molecule has 6 heteroatoms. The van der Waals surface area contributed by atoms with Gasteiger partial charge >= 0.3 is 0 Å². The quantitative estimate of drug-likeness (QED) is 0.297. The zero-order valence-corrected chi connectivity index (χ0v) is 7.04. The Kier molecular flexibility index (Phi) is 3.70. The molecule has 3 atom stereocenters. The first-order chi connectivity index (χ1) is 6.27. The minimum Gasteiger partial charge on any atom is -0.390 e. The van der Waals surface area contributed by atoms with E-state index in [0.717, 1.165) is 6.29 Å². The van der Waals surface area contributed by atoms with Crippen LogP contribution in [0.5, 0.6) is 0 Å². The molecule has 72 valence electrons. The first-order valence-corrected chi connectivity index (χ1v) is 4.06. The van der Waals surface area contributed by atoms with Gasteiger partial charge in [-0.3, -0.25) is 0 Å². The number of azide groups is 1. The monoisotopic (exact) mass is 185 g/mol. The van der Waals surface area contributed by atoms with Crippen LogP contribution in [0.1, 0.15) is 12.8 Å². The lowest BCUT2D eigenvalue weighted by Gasteiger charge is -2.10. The first-order valence-electron chi connectivity index (χ1n) is 4.06. The standard InChI is InChI=1S/C7H11N3O3/c8-10-9-4-7-6(12)3-5(13-7)1-2-11/h2,5-7,12H,1,3-4H2/t5-,6-,7+/m0/s1. The molecule has 1 rings (SSSR count). The Morgan fingerprint density at radius 3 is 3.15 bits per heavy atom. The summed E-state index contributed by atoms with van der Waals surface area (Å²) >= 11 is 0. The molecule has 1 heterocycles. The van der Waals surface area contributed by atoms with E-state index >= 15 is 0 Å². The van der Waals surface area contributed by atoms with Crippen LogP contribution in [0.25, 0.3) is 10.4 Å². The fourth-order valence-electron chi connectivity index (χ4n) is 1.36. The van der Waals surface area contributed by atoms with Crippen LogP contribution in [0.15, 0.2) is 5.11 Å². The normalized spacial score (nSPS) is 32.5. The van der Waals surface area contributed by atoms with Crippen LogP contribution < -0.4 is 0 Å². The van der Waals surface area contributed by atoms with E-state index in [4.69, 9.17) is 10.3 Å². The second kappa shape index (κ2) is 4.81. The Balaban J connectivity index is 2.40. The summed E-state index contributed by atoms with van der Waals surface area (Å²) in [5.74, 6) is 0. The second-order valence-corrected chi connectivity index (χ2v) is 2.92. The van der Waals surface area contributed by atoms with Gasteiger partial charge in [0.25, 0.3) is 0 Å². The fraction of sp³-hybridized carbons (Fsp3) is 0.857. The molecule has 1 aliphatic rings. The molecule has 6 nitrogen and oxygen atoms in total. The number of carbonyl (C=O) groups is 1. The number of nitrogens with zero attached hydrogens (tertiary/aromatic N) is 3. The van der Waals surface area contributed by atoms with Crippen molar-refractivity contribution in [2.45, 2.75) is 31.2 Å². The van der Waals surface area contributed by atoms with Crippen LogP contribution in [0.2, 0.25) is 0 Å². The zero-order chi connectivity index (χ0) is 9.68. The van der Waals surface area contributed by atoms with E-state index in [1.54, 1.807) is 0 Å². The maximum absolute atomic E-state index is 10.1. The van der Waals surface area contributed by atoms with Gasteiger partial charge in [-0.2, -0.15) is 0 Å². The third-order valence-corrected chi connectivity index (χ3v) is 1.98. The number of hydrogen-bond acceptors (Lipinski definition) is 4. The molecule has 0 aromatic carbocycles. The average molecular weight is 185 g/mol. The second-order valence-electron chi connectivity index (χ2n) is 2.92. The largest absolute Gasteiger partial charge is 0.390 e. The van der Waals surface area contributed by atoms with Gasteiger partial charge in [-0.15, -0.1) is 0 Å². The Labute approximate surface area is 75.1 Å². The van der Waals surface area contributed by atoms with Crippen molar-refractivity contribution in [2.24, 2.45) is 5.11 Å². The molecule has 13 heavy (non-hydrogen) atoms. The highest BCUT2D eigenvalue weighted by atomic mass is 16.5. The number of aliphatic hydroxyl groups is 1. The van der Waals surface area contributed by atoms with E-state index in [2.05, 4.69) is 10.0 Å². The number of carbonyl (C=O) groups excluding carboxylic acids is 1. The van der Waals surface area contributed by atoms with Crippen molar-refractivity contribution in [3.05, 3.63) is 10.4 Å². The van der Waals surface area contributed by atoms with Crippen molar-refractivity contribution >= 4 is 6.29 Å². The lowest BCUT2D eigenvalue weighted by atomic mass is 10.1. The van der Waals surface area contributed by atoms with Gasteiger partial charge in [0.2, 0.25) is 0 Å². The molecule has 0 aliphatic carbocycles. The van der Waals surface area contributed by atoms with E-state index in [1.807, 2.05) is 0 Å². The highest BCUT2D eigenvalue weighted by Gasteiger charge is 2.32. The van der Waals surface area contributed by atoms with Gasteiger partial charge in [0.1, 0.15) is 6.29 Å². The molecule has 1 fully saturated rings. The third-order valence-electron chi connectivity index (χ3n) is 1.98. The van der Waals surface area contributed by atoms with Gasteiger partial charge in [-0.05, 0) is 5.53 Å². The van der Waals surface area contributed by atoms with Gasteiger partial charge < -0.3 is 14.6 Å². The summed E-state index contributed by atoms with van der Waals surface area (Å²) in [6.07, 6.45) is 0.157. The Bertz CT molecular complexity index is 227. The summed E-state index contributed by atoms with van der Waals surface area (Å²) < 4.78 is 5.27. The third kappa shape index (κ3) is 2.69. The Morgan fingerprint density at radius 2 is 2.54 bits per heavy atom. The Hall–Kier alpha value is -1.10. The summed E-state index contributed by atoms with van der Waals surface area (Å²) in [5.41, 5.74) is 8.05. The molecule has 1 N–H and O–H groups in total. The van der Waals surface area contributed by atoms with Crippen LogP contribution in [0.4, 0.5) is 0 Å². The van der Waals surface area contributed by atoms with Gasteiger partial charge in [0, 0.05) is 17.8 Å². The summed E-state index contributed by atoms with van der Waals surface area (Å²) in [7, 11) is 0. The first kappa shape index (κ1) is 9.98. The smallest absolute Gasteiger partial charge is 0.122 e. The molecule has 0 saturated carbocycles. The summed E-state index contributed by atoms with van der Waals surface area (Å²) in [4.78, 5) is 12.7. The number of aldehydes is 1. The molecule has 0 aromatic heterocycles. The van der Waals surface area contributed by atoms with Crippen molar-refractivity contribution in [1.82, 2.24) is 0 Å². The lowest BCUT2D eigenvalue weighted by Crippen LogP contribution is -2.23. The number of rotatable bonds is 4. The number of ether oxygens (including phenoxy) is 1. The maximum atomic E-state index is 10.1. The number of aliphatic hydroxyl groups excluding tert-OH is 1. The minimum atomic E-state index is -0.629. The fourth-order valence-corrected chi connectivity index (χ4v) is 1.36. The molecule has 1 aliphatic heterocycles. The van der Waals surface area contributed by atoms with Gasteiger partial charge in [0.15, 0.2) is 0 Å². The molecule has 0 amide bonds. The molecule has 0 aromatic rings. The summed E-state index contributed by atoms with van der Waals surface area (Å²) in [6.45, 7) is 0.118. The van der Waals surface area contributed by atoms with E-state index in [9.17, 15) is 9.90 Å². The molecule has 0 radical (unpaired) electrons. The van der Waals surface area contributed by atoms with Crippen molar-refractivity contribution in [3.63, 3.8) is 0 Å². The van der Waals surface area contributed by atoms with Crippen LogP contribution in [0, 0.1) is 0 Å². The van der Waals surface area contributed by atoms with Crippen LogP contribution >= 0.6 is 0 Å². The molecule has 1 saturated heterocycles. The van der Waals surface area contributed by atoms with E-state index < -0.39 is 12.2 Å². The maximum Gasteiger partial charge on any atom is 0.122 e. The molecular formula is C7H11N3O3. The average Bonchev–Trinajstić information content (AvgIpc) is 2.44.